The predicted octanol–water partition coefficient (Wildman–Crippen LogP) is 9.45. The Labute approximate surface area is 244 Å². The molecule has 1 atom stereocenters. The van der Waals surface area contributed by atoms with Crippen LogP contribution in [0.5, 0.6) is 0 Å². The number of thiazole rings is 1. The van der Waals surface area contributed by atoms with Gasteiger partial charge in [-0.15, -0.1) is 0 Å². The molecule has 0 saturated carbocycles. The number of thioether (sulfide) groups is 1. The molecule has 0 N–H and O–H groups in total. The molecule has 2 aromatic heterocycles. The number of hydrogen-bond donors (Lipinski definition) is 0. The van der Waals surface area contributed by atoms with Crippen LogP contribution in [-0.2, 0) is 7.05 Å². The molecule has 5 aromatic rings. The number of rotatable bonds is 4. The molecule has 7 rings (SSSR count). The molecule has 1 unspecified atom stereocenters. The fourth-order valence-corrected chi connectivity index (χ4v) is 8.62. The van der Waals surface area contributed by atoms with Crippen molar-refractivity contribution in [2.75, 3.05) is 11.4 Å². The average Bonchev–Trinajstić information content (AvgIpc) is 3.63. The maximum absolute atomic E-state index is 5.69. The van der Waals surface area contributed by atoms with E-state index in [0.29, 0.717) is 5.92 Å². The van der Waals surface area contributed by atoms with Crippen molar-refractivity contribution in [2.45, 2.75) is 44.4 Å². The minimum absolute atomic E-state index is 0.453. The topological polar surface area (TPSA) is 20.3 Å². The first kappa shape index (κ1) is 25.4. The number of aryl methyl sites for hydroxylation is 3. The van der Waals surface area contributed by atoms with E-state index in [0.717, 1.165) is 25.0 Å². The number of hydrogen-bond acceptors (Lipinski definition) is 4. The van der Waals surface area contributed by atoms with Crippen LogP contribution in [0.15, 0.2) is 105 Å². The molecule has 3 heterocycles. The highest BCUT2D eigenvalue weighted by Gasteiger charge is 2.27. The maximum atomic E-state index is 5.69. The number of nitrogens with zero attached hydrogens (tertiary/aromatic N) is 2. The molecule has 200 valence electrons. The molecule has 1 aliphatic heterocycles. The van der Waals surface area contributed by atoms with Crippen molar-refractivity contribution in [3.8, 4) is 0 Å². The highest BCUT2D eigenvalue weighted by molar-refractivity contribution is 8.03. The minimum atomic E-state index is 0.453. The summed E-state index contributed by atoms with van der Waals surface area (Å²) in [5.41, 5.74) is 10.4. The van der Waals surface area contributed by atoms with Gasteiger partial charge in [0.05, 0.1) is 22.4 Å². The number of furan rings is 1. The average molecular weight is 562 g/mol. The lowest BCUT2D eigenvalue weighted by Gasteiger charge is -2.25. The Bertz CT molecular complexity index is 1870. The van der Waals surface area contributed by atoms with Crippen molar-refractivity contribution >= 4 is 56.0 Å². The Morgan fingerprint density at radius 3 is 2.73 bits per heavy atom. The molecular weight excluding hydrogens is 529 g/mol. The maximum Gasteiger partial charge on any atom is 0.262 e. The summed E-state index contributed by atoms with van der Waals surface area (Å²) >= 11 is 3.76. The highest BCUT2D eigenvalue weighted by Crippen LogP contribution is 2.47. The summed E-state index contributed by atoms with van der Waals surface area (Å²) < 4.78 is 9.31. The van der Waals surface area contributed by atoms with Gasteiger partial charge in [-0.3, -0.25) is 0 Å². The van der Waals surface area contributed by atoms with Gasteiger partial charge in [0.1, 0.15) is 17.3 Å². The Morgan fingerprint density at radius 2 is 1.88 bits per heavy atom. The molecule has 0 radical (unpaired) electrons. The summed E-state index contributed by atoms with van der Waals surface area (Å²) in [7, 11) is 2.18. The smallest absolute Gasteiger partial charge is 0.262 e. The Balaban J connectivity index is 1.31. The molecule has 3 aromatic carbocycles. The zero-order valence-corrected chi connectivity index (χ0v) is 25.0. The quantitative estimate of drug-likeness (QED) is 0.204. The molecule has 0 bridgehead atoms. The summed E-state index contributed by atoms with van der Waals surface area (Å²) in [5, 5.41) is 3.77. The molecule has 5 heteroatoms. The predicted molar refractivity (Wildman–Crippen MR) is 170 cm³/mol. The van der Waals surface area contributed by atoms with E-state index in [-0.39, 0.29) is 0 Å². The first-order chi connectivity index (χ1) is 19.5. The van der Waals surface area contributed by atoms with Gasteiger partial charge in [0.25, 0.3) is 5.01 Å². The van der Waals surface area contributed by atoms with E-state index in [9.17, 15) is 0 Å². The van der Waals surface area contributed by atoms with Gasteiger partial charge >= 0.3 is 0 Å². The van der Waals surface area contributed by atoms with Crippen LogP contribution in [0, 0.1) is 13.8 Å². The first-order valence-corrected chi connectivity index (χ1v) is 15.6. The zero-order chi connectivity index (χ0) is 27.4. The monoisotopic (exact) mass is 561 g/mol. The van der Waals surface area contributed by atoms with Crippen LogP contribution < -0.4 is 9.47 Å². The van der Waals surface area contributed by atoms with Crippen LogP contribution in [0.1, 0.15) is 47.4 Å². The van der Waals surface area contributed by atoms with Crippen molar-refractivity contribution in [1.29, 1.82) is 0 Å². The lowest BCUT2D eigenvalue weighted by atomic mass is 9.81. The van der Waals surface area contributed by atoms with Crippen LogP contribution >= 0.6 is 23.1 Å². The highest BCUT2D eigenvalue weighted by atomic mass is 32.2. The van der Waals surface area contributed by atoms with E-state index in [1.807, 2.05) is 23.1 Å². The molecule has 0 saturated heterocycles. The van der Waals surface area contributed by atoms with E-state index < -0.39 is 0 Å². The van der Waals surface area contributed by atoms with E-state index in [4.69, 9.17) is 4.42 Å². The molecule has 0 fully saturated rings. The first-order valence-electron chi connectivity index (χ1n) is 14.0. The third-order valence-electron chi connectivity index (χ3n) is 8.12. The van der Waals surface area contributed by atoms with Gasteiger partial charge in [-0.1, -0.05) is 65.1 Å². The van der Waals surface area contributed by atoms with Gasteiger partial charge < -0.3 is 9.32 Å². The second-order valence-electron chi connectivity index (χ2n) is 11.0. The Morgan fingerprint density at radius 1 is 1.00 bits per heavy atom. The summed E-state index contributed by atoms with van der Waals surface area (Å²) in [6.07, 6.45) is 11.2. The molecule has 40 heavy (non-hydrogen) atoms. The van der Waals surface area contributed by atoms with Crippen molar-refractivity contribution in [1.82, 2.24) is 0 Å². The molecule has 3 nitrogen and oxygen atoms in total. The summed E-state index contributed by atoms with van der Waals surface area (Å²) in [6.45, 7) is 7.59. The number of allylic oxidation sites excluding steroid dienone is 4. The molecule has 0 spiro atoms. The van der Waals surface area contributed by atoms with E-state index in [1.54, 1.807) is 6.26 Å². The summed E-state index contributed by atoms with van der Waals surface area (Å²) in [4.78, 5) is 3.82. The van der Waals surface area contributed by atoms with Crippen LogP contribution in [0.2, 0.25) is 0 Å². The second kappa shape index (κ2) is 10.1. The lowest BCUT2D eigenvalue weighted by molar-refractivity contribution is -0.641. The van der Waals surface area contributed by atoms with Crippen LogP contribution in [0.25, 0.3) is 27.3 Å². The van der Waals surface area contributed by atoms with Crippen molar-refractivity contribution in [3.63, 3.8) is 0 Å². The van der Waals surface area contributed by atoms with Gasteiger partial charge in [0.2, 0.25) is 5.52 Å². The summed E-state index contributed by atoms with van der Waals surface area (Å²) in [6, 6.07) is 22.2. The molecule has 2 aliphatic rings. The Kier molecular flexibility index (Phi) is 6.44. The standard InChI is InChI=1S/C35H33N2OS2/c1-5-37-29-10-9-23(3)16-32(29)40-34(37)21-25-17-24(18-27(19-25)26-8-6-7-22(2)15-26)20-33-36(4)35-28-13-14-38-30(28)11-12-31(35)39-33/h6-17,20-21,27H,5,18-19H2,1-4H3/q+1. The Hall–Kier alpha value is -3.54. The fourth-order valence-electron chi connectivity index (χ4n) is 6.18. The van der Waals surface area contributed by atoms with E-state index in [2.05, 4.69) is 116 Å². The van der Waals surface area contributed by atoms with Gasteiger partial charge in [-0.25, -0.2) is 0 Å². The van der Waals surface area contributed by atoms with Crippen molar-refractivity contribution in [2.24, 2.45) is 7.05 Å². The van der Waals surface area contributed by atoms with E-state index >= 15 is 0 Å². The third-order valence-corrected chi connectivity index (χ3v) is 10.4. The zero-order valence-electron chi connectivity index (χ0n) is 23.4. The van der Waals surface area contributed by atoms with Crippen LogP contribution in [0.4, 0.5) is 5.69 Å². The largest absolute Gasteiger partial charge is 0.464 e. The number of fused-ring (bicyclic) bond motifs is 4. The van der Waals surface area contributed by atoms with Gasteiger partial charge in [0, 0.05) is 17.5 Å². The number of anilines is 1. The van der Waals surface area contributed by atoms with Gasteiger partial charge in [-0.05, 0) is 98.2 Å². The third kappa shape index (κ3) is 4.51. The second-order valence-corrected chi connectivity index (χ2v) is 13.1. The number of aromatic nitrogens is 1. The normalized spacial score (nSPS) is 19.2. The van der Waals surface area contributed by atoms with Crippen LogP contribution in [-0.4, -0.2) is 6.54 Å². The van der Waals surface area contributed by atoms with Gasteiger partial charge in [0.15, 0.2) is 0 Å². The van der Waals surface area contributed by atoms with Gasteiger partial charge in [-0.2, -0.15) is 4.57 Å². The number of benzene rings is 3. The molecule has 1 aliphatic carbocycles. The molecule has 0 amide bonds. The fraction of sp³-hybridized carbons (Fsp3) is 0.229. The molecular formula is C35H33N2OS2+. The van der Waals surface area contributed by atoms with E-state index in [1.165, 1.54) is 64.1 Å². The minimum Gasteiger partial charge on any atom is -0.464 e. The SMILES string of the molecule is CCN1/C(=C/C2=CC(=C/c3sc4ccc5occc5c4[n+]3C)/CC(c3cccc(C)c3)C2)Sc2cc(C)ccc21. The van der Waals surface area contributed by atoms with Crippen molar-refractivity contribution in [3.05, 3.63) is 117 Å². The van der Waals surface area contributed by atoms with Crippen molar-refractivity contribution < 1.29 is 8.98 Å². The summed E-state index contributed by atoms with van der Waals surface area (Å²) in [5.74, 6) is 0.453. The van der Waals surface area contributed by atoms with Crippen LogP contribution in [0.3, 0.4) is 0 Å². The lowest BCUT2D eigenvalue weighted by Crippen LogP contribution is -2.29.